The number of ether oxygens (including phenoxy) is 1. The maximum absolute atomic E-state index is 11.1. The standard InChI is InChI=1S/C28H28Cl3N3O4/c1-14(2)34(33)26(25(32)24-21(29)4-3-5-22(24)30)28(37)38-17-10-11-18(23(31)12-17)20-13-19(20)15-6-8-16(9-7-15)27(35)36/h3-12,14,19-20,28,37H,13,32-33H2,1-2H3,(H,35,36)/b26-25-. The van der Waals surface area contributed by atoms with E-state index in [2.05, 4.69) is 0 Å². The Balaban J connectivity index is 1.56. The van der Waals surface area contributed by atoms with Gasteiger partial charge in [0.05, 0.1) is 21.3 Å². The van der Waals surface area contributed by atoms with Crippen LogP contribution in [0.4, 0.5) is 0 Å². The van der Waals surface area contributed by atoms with Gasteiger partial charge in [0.15, 0.2) is 0 Å². The molecule has 10 heteroatoms. The van der Waals surface area contributed by atoms with Crippen molar-refractivity contribution >= 4 is 46.5 Å². The van der Waals surface area contributed by atoms with E-state index in [1.807, 2.05) is 32.0 Å². The van der Waals surface area contributed by atoms with E-state index in [-0.39, 0.29) is 34.8 Å². The molecule has 1 saturated carbocycles. The molecule has 3 unspecified atom stereocenters. The first-order chi connectivity index (χ1) is 18.0. The van der Waals surface area contributed by atoms with Crippen molar-refractivity contribution in [3.63, 3.8) is 0 Å². The molecule has 0 bridgehead atoms. The summed E-state index contributed by atoms with van der Waals surface area (Å²) < 4.78 is 5.82. The van der Waals surface area contributed by atoms with Crippen LogP contribution >= 0.6 is 34.8 Å². The van der Waals surface area contributed by atoms with Crippen LogP contribution in [0.15, 0.2) is 66.4 Å². The van der Waals surface area contributed by atoms with E-state index in [0.29, 0.717) is 26.4 Å². The topological polar surface area (TPSA) is 122 Å². The largest absolute Gasteiger partial charge is 0.478 e. The number of carboxylic acids is 1. The second-order valence-corrected chi connectivity index (χ2v) is 10.6. The Labute approximate surface area is 236 Å². The first-order valence-electron chi connectivity index (χ1n) is 11.9. The highest BCUT2D eigenvalue weighted by atomic mass is 35.5. The first-order valence-corrected chi connectivity index (χ1v) is 13.1. The Morgan fingerprint density at radius 2 is 1.63 bits per heavy atom. The van der Waals surface area contributed by atoms with E-state index >= 15 is 0 Å². The van der Waals surface area contributed by atoms with Crippen molar-refractivity contribution in [2.75, 3.05) is 0 Å². The summed E-state index contributed by atoms with van der Waals surface area (Å²) in [6.07, 6.45) is -0.647. The van der Waals surface area contributed by atoms with E-state index in [1.165, 1.54) is 5.01 Å². The number of aliphatic hydroxyl groups is 1. The molecule has 0 aromatic heterocycles. The predicted octanol–water partition coefficient (Wildman–Crippen LogP) is 6.22. The van der Waals surface area contributed by atoms with Crippen molar-refractivity contribution < 1.29 is 19.7 Å². The second kappa shape index (κ2) is 11.4. The van der Waals surface area contributed by atoms with Crippen LogP contribution in [0.2, 0.25) is 15.1 Å². The molecule has 7 nitrogen and oxygen atoms in total. The second-order valence-electron chi connectivity index (χ2n) is 9.43. The number of benzene rings is 3. The van der Waals surface area contributed by atoms with E-state index in [4.69, 9.17) is 56.2 Å². The molecule has 0 spiro atoms. The van der Waals surface area contributed by atoms with Crippen LogP contribution in [0.3, 0.4) is 0 Å². The average Bonchev–Trinajstić information content (AvgIpc) is 3.64. The van der Waals surface area contributed by atoms with Crippen LogP contribution < -0.4 is 16.3 Å². The highest BCUT2D eigenvalue weighted by Gasteiger charge is 2.40. The van der Waals surface area contributed by atoms with Crippen molar-refractivity contribution in [3.8, 4) is 5.75 Å². The van der Waals surface area contributed by atoms with Gasteiger partial charge in [-0.15, -0.1) is 0 Å². The molecule has 0 aliphatic heterocycles. The number of carboxylic acid groups (broad SMARTS) is 1. The average molecular weight is 577 g/mol. The van der Waals surface area contributed by atoms with Crippen molar-refractivity contribution in [1.82, 2.24) is 5.01 Å². The fraction of sp³-hybridized carbons (Fsp3) is 0.250. The fourth-order valence-electron chi connectivity index (χ4n) is 4.41. The molecule has 38 heavy (non-hydrogen) atoms. The zero-order chi connectivity index (χ0) is 27.7. The van der Waals surface area contributed by atoms with Gasteiger partial charge < -0.3 is 25.7 Å². The smallest absolute Gasteiger partial charge is 0.335 e. The minimum absolute atomic E-state index is 0.0850. The number of hydrogen-bond donors (Lipinski definition) is 4. The number of hydrazine groups is 1. The molecule has 0 heterocycles. The summed E-state index contributed by atoms with van der Waals surface area (Å²) in [6, 6.07) is 16.9. The molecule has 200 valence electrons. The lowest BCUT2D eigenvalue weighted by Crippen LogP contribution is -2.44. The third kappa shape index (κ3) is 5.87. The number of nitrogens with zero attached hydrogens (tertiary/aromatic N) is 1. The van der Waals surface area contributed by atoms with E-state index < -0.39 is 12.3 Å². The SMILES string of the molecule is CC(C)N(N)/C(=C(\N)c1c(Cl)cccc1Cl)C(O)Oc1ccc(C2CC2c2ccc(C(=O)O)cc2)c(Cl)c1. The summed E-state index contributed by atoms with van der Waals surface area (Å²) in [5.74, 6) is 6.08. The molecule has 3 aromatic carbocycles. The summed E-state index contributed by atoms with van der Waals surface area (Å²) in [6.45, 7) is 3.67. The third-order valence-corrected chi connectivity index (χ3v) is 7.53. The van der Waals surface area contributed by atoms with E-state index in [0.717, 1.165) is 17.5 Å². The molecule has 3 atom stereocenters. The zero-order valence-corrected chi connectivity index (χ0v) is 23.0. The number of nitrogens with two attached hydrogens (primary N) is 2. The van der Waals surface area contributed by atoms with Gasteiger partial charge in [-0.3, -0.25) is 0 Å². The third-order valence-electron chi connectivity index (χ3n) is 6.57. The summed E-state index contributed by atoms with van der Waals surface area (Å²) >= 11 is 19.3. The molecule has 1 aliphatic rings. The van der Waals surface area contributed by atoms with Crippen LogP contribution in [-0.2, 0) is 0 Å². The molecular weight excluding hydrogens is 549 g/mol. The van der Waals surface area contributed by atoms with Crippen LogP contribution in [0.5, 0.6) is 5.75 Å². The Morgan fingerprint density at radius 1 is 1.00 bits per heavy atom. The Kier molecular flexibility index (Phi) is 8.45. The van der Waals surface area contributed by atoms with Gasteiger partial charge in [-0.25, -0.2) is 10.6 Å². The normalized spacial score (nSPS) is 18.1. The quantitative estimate of drug-likeness (QED) is 0.135. The number of halogens is 3. The Hall–Kier alpha value is -2.94. The van der Waals surface area contributed by atoms with Gasteiger partial charge in [0.25, 0.3) is 0 Å². The lowest BCUT2D eigenvalue weighted by atomic mass is 10.0. The van der Waals surface area contributed by atoms with Gasteiger partial charge in [0, 0.05) is 16.6 Å². The lowest BCUT2D eigenvalue weighted by molar-refractivity contribution is -0.0111. The predicted molar refractivity (Wildman–Crippen MR) is 150 cm³/mol. The highest BCUT2D eigenvalue weighted by Crippen LogP contribution is 2.56. The molecular formula is C28H28Cl3N3O4. The minimum Gasteiger partial charge on any atom is -0.478 e. The van der Waals surface area contributed by atoms with E-state index in [1.54, 1.807) is 42.5 Å². The molecule has 1 fully saturated rings. The number of rotatable bonds is 9. The molecule has 1 aliphatic carbocycles. The van der Waals surface area contributed by atoms with Gasteiger partial charge in [0.2, 0.25) is 6.29 Å². The molecule has 6 N–H and O–H groups in total. The van der Waals surface area contributed by atoms with Crippen LogP contribution in [0, 0.1) is 0 Å². The van der Waals surface area contributed by atoms with Gasteiger partial charge in [-0.1, -0.05) is 59.1 Å². The number of carbonyl (C=O) groups is 1. The highest BCUT2D eigenvalue weighted by molar-refractivity contribution is 6.37. The van der Waals surface area contributed by atoms with Gasteiger partial charge in [-0.05, 0) is 79.6 Å². The molecule has 4 rings (SSSR count). The van der Waals surface area contributed by atoms with Crippen molar-refractivity contribution in [3.05, 3.63) is 104 Å². The lowest BCUT2D eigenvalue weighted by Gasteiger charge is -2.31. The maximum Gasteiger partial charge on any atom is 0.335 e. The Bertz CT molecular complexity index is 1360. The van der Waals surface area contributed by atoms with Crippen LogP contribution in [0.25, 0.3) is 5.70 Å². The Morgan fingerprint density at radius 3 is 2.18 bits per heavy atom. The summed E-state index contributed by atoms with van der Waals surface area (Å²) in [5, 5.41) is 22.6. The first kappa shape index (κ1) is 28.1. The molecule has 0 radical (unpaired) electrons. The van der Waals surface area contributed by atoms with Crippen molar-refractivity contribution in [2.24, 2.45) is 11.6 Å². The monoisotopic (exact) mass is 575 g/mol. The van der Waals surface area contributed by atoms with Gasteiger partial charge in [0.1, 0.15) is 11.4 Å². The molecule has 0 amide bonds. The number of aromatic carboxylic acids is 1. The zero-order valence-electron chi connectivity index (χ0n) is 20.7. The summed E-state index contributed by atoms with van der Waals surface area (Å²) in [4.78, 5) is 11.1. The van der Waals surface area contributed by atoms with Crippen molar-refractivity contribution in [1.29, 1.82) is 0 Å². The van der Waals surface area contributed by atoms with Crippen LogP contribution in [-0.4, -0.2) is 33.5 Å². The van der Waals surface area contributed by atoms with E-state index in [9.17, 15) is 9.90 Å². The summed E-state index contributed by atoms with van der Waals surface area (Å²) in [7, 11) is 0. The number of aliphatic hydroxyl groups excluding tert-OH is 1. The minimum atomic E-state index is -1.54. The summed E-state index contributed by atoms with van der Waals surface area (Å²) in [5.41, 5.74) is 9.21. The maximum atomic E-state index is 11.1. The number of hydrogen-bond acceptors (Lipinski definition) is 6. The van der Waals surface area contributed by atoms with Gasteiger partial charge >= 0.3 is 5.97 Å². The van der Waals surface area contributed by atoms with Gasteiger partial charge in [-0.2, -0.15) is 0 Å². The molecule has 0 saturated heterocycles. The molecule has 3 aromatic rings. The fourth-order valence-corrected chi connectivity index (χ4v) is 5.32. The van der Waals surface area contributed by atoms with Crippen LogP contribution in [0.1, 0.15) is 59.2 Å². The van der Waals surface area contributed by atoms with Crippen molar-refractivity contribution in [2.45, 2.75) is 44.4 Å².